The van der Waals surface area contributed by atoms with Crippen molar-refractivity contribution in [2.45, 2.75) is 20.4 Å². The van der Waals surface area contributed by atoms with Gasteiger partial charge in [-0.3, -0.25) is 4.57 Å². The molecule has 0 saturated carbocycles. The first-order valence-electron chi connectivity index (χ1n) is 10.2. The van der Waals surface area contributed by atoms with Crippen molar-refractivity contribution >= 4 is 11.7 Å². The molecule has 5 rings (SSSR count). The summed E-state index contributed by atoms with van der Waals surface area (Å²) in [4.78, 5) is 0. The molecule has 6 heteroatoms. The standard InChI is InChI=1S/C25H23N5O/c1-17-8-12-20(13-9-17)24-22-6-4-5-7-23(22)30-18(2)26-27-25(30)29(28-24)16-19-10-14-21(31-3)15-11-19/h4-15H,16H2,1-3H3. The van der Waals surface area contributed by atoms with E-state index in [4.69, 9.17) is 9.84 Å². The molecule has 154 valence electrons. The number of hydrogen-bond acceptors (Lipinski definition) is 5. The summed E-state index contributed by atoms with van der Waals surface area (Å²) in [6.07, 6.45) is 0. The average molecular weight is 409 g/mol. The zero-order chi connectivity index (χ0) is 21.4. The predicted octanol–water partition coefficient (Wildman–Crippen LogP) is 4.67. The second kappa shape index (κ2) is 7.72. The van der Waals surface area contributed by atoms with Crippen LogP contribution >= 0.6 is 0 Å². The molecule has 0 aliphatic carbocycles. The highest BCUT2D eigenvalue weighted by atomic mass is 16.5. The summed E-state index contributed by atoms with van der Waals surface area (Å²) in [6.45, 7) is 4.62. The normalized spacial score (nSPS) is 12.6. The van der Waals surface area contributed by atoms with Crippen molar-refractivity contribution in [3.63, 3.8) is 0 Å². The summed E-state index contributed by atoms with van der Waals surface area (Å²) in [5.41, 5.74) is 6.37. The third-order valence-electron chi connectivity index (χ3n) is 5.48. The van der Waals surface area contributed by atoms with E-state index in [0.717, 1.165) is 39.7 Å². The van der Waals surface area contributed by atoms with Gasteiger partial charge < -0.3 is 4.74 Å². The third-order valence-corrected chi connectivity index (χ3v) is 5.48. The maximum absolute atomic E-state index is 5.30. The zero-order valence-electron chi connectivity index (χ0n) is 17.8. The predicted molar refractivity (Wildman–Crippen MR) is 122 cm³/mol. The molecule has 1 aromatic heterocycles. The Hall–Kier alpha value is -3.93. The number of methoxy groups -OCH3 is 1. The van der Waals surface area contributed by atoms with Gasteiger partial charge in [0.2, 0.25) is 0 Å². The summed E-state index contributed by atoms with van der Waals surface area (Å²) in [5, 5.41) is 15.9. The first-order valence-corrected chi connectivity index (χ1v) is 10.2. The Morgan fingerprint density at radius 2 is 1.58 bits per heavy atom. The first kappa shape index (κ1) is 19.1. The van der Waals surface area contributed by atoms with Crippen LogP contribution in [0, 0.1) is 13.8 Å². The molecule has 0 unspecified atom stereocenters. The number of aromatic nitrogens is 3. The monoisotopic (exact) mass is 409 g/mol. The number of hydrogen-bond donors (Lipinski definition) is 0. The van der Waals surface area contributed by atoms with E-state index in [2.05, 4.69) is 58.1 Å². The molecule has 2 heterocycles. The van der Waals surface area contributed by atoms with Crippen molar-refractivity contribution in [3.8, 4) is 11.4 Å². The van der Waals surface area contributed by atoms with Crippen molar-refractivity contribution in [3.05, 3.63) is 101 Å². The molecular formula is C25H23N5O. The summed E-state index contributed by atoms with van der Waals surface area (Å²) in [5.74, 6) is 2.35. The number of benzene rings is 3. The van der Waals surface area contributed by atoms with Gasteiger partial charge in [-0.05, 0) is 37.6 Å². The van der Waals surface area contributed by atoms with Crippen LogP contribution in [0.4, 0.5) is 5.95 Å². The van der Waals surface area contributed by atoms with Crippen LogP contribution in [0.5, 0.6) is 5.75 Å². The van der Waals surface area contributed by atoms with E-state index >= 15 is 0 Å². The van der Waals surface area contributed by atoms with Crippen molar-refractivity contribution in [1.82, 2.24) is 14.8 Å². The number of ether oxygens (including phenoxy) is 1. The van der Waals surface area contributed by atoms with Crippen molar-refractivity contribution < 1.29 is 4.74 Å². The fourth-order valence-electron chi connectivity index (χ4n) is 3.82. The van der Waals surface area contributed by atoms with Crippen molar-refractivity contribution in [2.24, 2.45) is 5.10 Å². The summed E-state index contributed by atoms with van der Waals surface area (Å²) in [7, 11) is 1.67. The third kappa shape index (κ3) is 3.46. The number of aryl methyl sites for hydroxylation is 2. The molecule has 3 aromatic carbocycles. The van der Waals surface area contributed by atoms with Gasteiger partial charge in [-0.15, -0.1) is 10.2 Å². The lowest BCUT2D eigenvalue weighted by molar-refractivity contribution is 0.414. The van der Waals surface area contributed by atoms with E-state index in [0.29, 0.717) is 12.5 Å². The Morgan fingerprint density at radius 3 is 2.32 bits per heavy atom. The van der Waals surface area contributed by atoms with Crippen LogP contribution in [0.2, 0.25) is 0 Å². The van der Waals surface area contributed by atoms with Crippen LogP contribution in [-0.2, 0) is 6.54 Å². The Bertz CT molecular complexity index is 1260. The molecule has 4 aromatic rings. The lowest BCUT2D eigenvalue weighted by Gasteiger charge is -2.18. The van der Waals surface area contributed by atoms with Crippen LogP contribution in [-0.4, -0.2) is 27.6 Å². The Morgan fingerprint density at radius 1 is 0.839 bits per heavy atom. The molecule has 0 bridgehead atoms. The molecule has 1 aliphatic heterocycles. The summed E-state index contributed by atoms with van der Waals surface area (Å²) in [6, 6.07) is 24.8. The van der Waals surface area contributed by atoms with Crippen LogP contribution in [0.1, 0.15) is 28.1 Å². The average Bonchev–Trinajstić information content (AvgIpc) is 3.12. The number of rotatable bonds is 4. The number of hydrazone groups is 1. The number of para-hydroxylation sites is 1. The highest BCUT2D eigenvalue weighted by molar-refractivity contribution is 6.15. The molecule has 0 saturated heterocycles. The molecule has 0 N–H and O–H groups in total. The SMILES string of the molecule is COc1ccc(CN2N=C(c3ccc(C)cc3)c3ccccc3-n3c(C)nnc32)cc1. The molecular weight excluding hydrogens is 386 g/mol. The van der Waals surface area contributed by atoms with E-state index in [1.54, 1.807) is 7.11 Å². The first-order chi connectivity index (χ1) is 15.1. The van der Waals surface area contributed by atoms with Gasteiger partial charge in [0.15, 0.2) is 0 Å². The fourth-order valence-corrected chi connectivity index (χ4v) is 3.82. The Labute approximate surface area is 181 Å². The maximum atomic E-state index is 5.30. The minimum atomic E-state index is 0.561. The van der Waals surface area contributed by atoms with Crippen LogP contribution < -0.4 is 9.75 Å². The fraction of sp³-hybridized carbons (Fsp3) is 0.160. The van der Waals surface area contributed by atoms with Gasteiger partial charge in [0.1, 0.15) is 17.3 Å². The van der Waals surface area contributed by atoms with Gasteiger partial charge in [-0.2, -0.15) is 5.10 Å². The van der Waals surface area contributed by atoms with Crippen LogP contribution in [0.15, 0.2) is 77.9 Å². The molecule has 0 radical (unpaired) electrons. The van der Waals surface area contributed by atoms with Gasteiger partial charge in [0.05, 0.1) is 19.3 Å². The van der Waals surface area contributed by atoms with Gasteiger partial charge >= 0.3 is 0 Å². The van der Waals surface area contributed by atoms with E-state index in [9.17, 15) is 0 Å². The van der Waals surface area contributed by atoms with Crippen molar-refractivity contribution in [1.29, 1.82) is 0 Å². The van der Waals surface area contributed by atoms with Gasteiger partial charge in [-0.25, -0.2) is 5.01 Å². The second-order valence-electron chi connectivity index (χ2n) is 7.62. The topological polar surface area (TPSA) is 55.5 Å². The molecule has 0 atom stereocenters. The minimum Gasteiger partial charge on any atom is -0.497 e. The van der Waals surface area contributed by atoms with Crippen LogP contribution in [0.3, 0.4) is 0 Å². The quantitative estimate of drug-likeness (QED) is 0.492. The largest absolute Gasteiger partial charge is 0.497 e. The highest BCUT2D eigenvalue weighted by Gasteiger charge is 2.26. The molecule has 6 nitrogen and oxygen atoms in total. The lowest BCUT2D eigenvalue weighted by atomic mass is 9.99. The van der Waals surface area contributed by atoms with E-state index < -0.39 is 0 Å². The van der Waals surface area contributed by atoms with E-state index in [1.807, 2.05) is 48.3 Å². The van der Waals surface area contributed by atoms with Crippen molar-refractivity contribution in [2.75, 3.05) is 12.1 Å². The molecule has 0 fully saturated rings. The number of nitrogens with zero attached hydrogens (tertiary/aromatic N) is 5. The molecule has 31 heavy (non-hydrogen) atoms. The maximum Gasteiger partial charge on any atom is 0.252 e. The number of fused-ring (bicyclic) bond motifs is 3. The Balaban J connectivity index is 1.68. The number of anilines is 1. The summed E-state index contributed by atoms with van der Waals surface area (Å²) < 4.78 is 7.37. The summed E-state index contributed by atoms with van der Waals surface area (Å²) >= 11 is 0. The lowest BCUT2D eigenvalue weighted by Crippen LogP contribution is -2.20. The zero-order valence-corrected chi connectivity index (χ0v) is 17.8. The van der Waals surface area contributed by atoms with Gasteiger partial charge in [0, 0.05) is 11.1 Å². The van der Waals surface area contributed by atoms with E-state index in [1.165, 1.54) is 5.56 Å². The smallest absolute Gasteiger partial charge is 0.252 e. The highest BCUT2D eigenvalue weighted by Crippen LogP contribution is 2.30. The van der Waals surface area contributed by atoms with E-state index in [-0.39, 0.29) is 0 Å². The molecule has 0 spiro atoms. The Kier molecular flexibility index (Phi) is 4.75. The van der Waals surface area contributed by atoms with Crippen LogP contribution in [0.25, 0.3) is 5.69 Å². The second-order valence-corrected chi connectivity index (χ2v) is 7.62. The minimum absolute atomic E-state index is 0.561. The molecule has 0 amide bonds. The molecule has 1 aliphatic rings. The van der Waals surface area contributed by atoms with Gasteiger partial charge in [-0.1, -0.05) is 60.2 Å². The van der Waals surface area contributed by atoms with Gasteiger partial charge in [0.25, 0.3) is 5.95 Å².